The molecule has 7 heteroatoms. The molecule has 0 aliphatic rings. The highest BCUT2D eigenvalue weighted by Crippen LogP contribution is 2.25. The average Bonchev–Trinajstić information content (AvgIpc) is 2.15. The van der Waals surface area contributed by atoms with E-state index in [1.54, 1.807) is 0 Å². The molecule has 0 saturated heterocycles. The van der Waals surface area contributed by atoms with Crippen molar-refractivity contribution in [3.05, 3.63) is 29.1 Å². The lowest BCUT2D eigenvalue weighted by Gasteiger charge is -2.06. The minimum Gasteiger partial charge on any atom is -0.326 e. The van der Waals surface area contributed by atoms with E-state index in [1.807, 2.05) is 0 Å². The molecule has 0 spiro atoms. The van der Waals surface area contributed by atoms with E-state index in [4.69, 9.17) is 21.7 Å². The second kappa shape index (κ2) is 4.14. The molecule has 1 rings (SSSR count). The first-order valence-electron chi connectivity index (χ1n) is 3.78. The summed E-state index contributed by atoms with van der Waals surface area (Å²) < 4.78 is 35.6. The topological polar surface area (TPSA) is 83.9 Å². The summed E-state index contributed by atoms with van der Waals surface area (Å²) in [6.07, 6.45) is 0. The maximum atomic E-state index is 13.5. The van der Waals surface area contributed by atoms with E-state index >= 15 is 0 Å². The first kappa shape index (κ1) is 11.9. The van der Waals surface area contributed by atoms with Gasteiger partial charge in [0.25, 0.3) is 9.05 Å². The van der Waals surface area contributed by atoms with Gasteiger partial charge in [-0.25, -0.2) is 12.8 Å². The normalized spacial score (nSPS) is 11.1. The first-order chi connectivity index (χ1) is 6.91. The zero-order valence-electron chi connectivity index (χ0n) is 7.37. The Hall–Kier alpha value is -1.16. The molecule has 0 fully saturated rings. The highest BCUT2D eigenvalue weighted by atomic mass is 35.7. The molecule has 0 saturated carbocycles. The van der Waals surface area contributed by atoms with Crippen LogP contribution in [0.4, 0.5) is 4.39 Å². The molecule has 4 nitrogen and oxygen atoms in total. The van der Waals surface area contributed by atoms with E-state index in [9.17, 15) is 12.8 Å². The number of nitrogens with zero attached hydrogens (tertiary/aromatic N) is 1. The number of rotatable bonds is 2. The highest BCUT2D eigenvalue weighted by Gasteiger charge is 2.22. The van der Waals surface area contributed by atoms with Crippen LogP contribution in [-0.4, -0.2) is 8.42 Å². The monoisotopic (exact) mass is 248 g/mol. The van der Waals surface area contributed by atoms with Gasteiger partial charge < -0.3 is 5.73 Å². The number of halogens is 2. The lowest BCUT2D eigenvalue weighted by Crippen LogP contribution is -2.07. The van der Waals surface area contributed by atoms with Crippen LogP contribution < -0.4 is 5.73 Å². The van der Waals surface area contributed by atoms with Gasteiger partial charge in [-0.15, -0.1) is 0 Å². The lowest BCUT2D eigenvalue weighted by molar-refractivity contribution is 0.568. The fourth-order valence-corrected chi connectivity index (χ4v) is 2.40. The third-order valence-electron chi connectivity index (χ3n) is 1.76. The molecule has 0 unspecified atom stereocenters. The third-order valence-corrected chi connectivity index (χ3v) is 3.15. The molecular weight excluding hydrogens is 243 g/mol. The minimum absolute atomic E-state index is 0.0431. The van der Waals surface area contributed by atoms with Gasteiger partial charge in [-0.1, -0.05) is 6.07 Å². The molecule has 0 aliphatic heterocycles. The van der Waals surface area contributed by atoms with Crippen molar-refractivity contribution >= 4 is 19.7 Å². The molecule has 1 aromatic rings. The lowest BCUT2D eigenvalue weighted by atomic mass is 10.1. The van der Waals surface area contributed by atoms with E-state index in [0.717, 1.165) is 6.07 Å². The van der Waals surface area contributed by atoms with Gasteiger partial charge in [-0.05, 0) is 11.6 Å². The average molecular weight is 249 g/mol. The van der Waals surface area contributed by atoms with Crippen LogP contribution in [0.25, 0.3) is 0 Å². The van der Waals surface area contributed by atoms with Crippen molar-refractivity contribution in [3.63, 3.8) is 0 Å². The van der Waals surface area contributed by atoms with Crippen LogP contribution in [-0.2, 0) is 15.6 Å². The van der Waals surface area contributed by atoms with E-state index in [2.05, 4.69) is 0 Å². The van der Waals surface area contributed by atoms with Crippen molar-refractivity contribution in [1.82, 2.24) is 0 Å². The first-order valence-corrected chi connectivity index (χ1v) is 6.09. The van der Waals surface area contributed by atoms with Crippen molar-refractivity contribution in [2.75, 3.05) is 0 Å². The van der Waals surface area contributed by atoms with Crippen LogP contribution in [0.3, 0.4) is 0 Å². The van der Waals surface area contributed by atoms with Crippen LogP contribution in [0, 0.1) is 17.1 Å². The van der Waals surface area contributed by atoms with Crippen molar-refractivity contribution in [3.8, 4) is 6.07 Å². The molecule has 2 N–H and O–H groups in total. The molecule has 80 valence electrons. The number of nitrogens with two attached hydrogens (primary N) is 1. The van der Waals surface area contributed by atoms with Gasteiger partial charge in [0.05, 0.1) is 5.56 Å². The Bertz CT molecular complexity index is 536. The van der Waals surface area contributed by atoms with Gasteiger partial charge in [-0.3, -0.25) is 0 Å². The highest BCUT2D eigenvalue weighted by molar-refractivity contribution is 8.13. The summed E-state index contributed by atoms with van der Waals surface area (Å²) >= 11 is 0. The van der Waals surface area contributed by atoms with Crippen molar-refractivity contribution < 1.29 is 12.8 Å². The fourth-order valence-electron chi connectivity index (χ4n) is 1.11. The third kappa shape index (κ3) is 2.26. The Labute approximate surface area is 90.5 Å². The predicted octanol–water partition coefficient (Wildman–Crippen LogP) is 1.08. The number of hydrogen-bond donors (Lipinski definition) is 1. The van der Waals surface area contributed by atoms with E-state index in [-0.39, 0.29) is 17.7 Å². The molecule has 0 aliphatic carbocycles. The zero-order valence-corrected chi connectivity index (χ0v) is 8.94. The maximum absolute atomic E-state index is 13.5. The molecule has 0 amide bonds. The summed E-state index contributed by atoms with van der Waals surface area (Å²) in [5, 5.41) is 8.51. The van der Waals surface area contributed by atoms with Gasteiger partial charge in [0, 0.05) is 17.2 Å². The quantitative estimate of drug-likeness (QED) is 0.794. The Morgan fingerprint density at radius 1 is 1.53 bits per heavy atom. The van der Waals surface area contributed by atoms with Crippen LogP contribution in [0.15, 0.2) is 17.0 Å². The molecule has 0 radical (unpaired) electrons. The maximum Gasteiger partial charge on any atom is 0.264 e. The zero-order chi connectivity index (χ0) is 11.6. The number of nitriles is 1. The minimum atomic E-state index is -4.24. The molecular formula is C8H6ClFN2O2S. The Balaban J connectivity index is 3.67. The summed E-state index contributed by atoms with van der Waals surface area (Å²) in [6, 6.07) is 3.94. The molecule has 0 atom stereocenters. The number of hydrogen-bond acceptors (Lipinski definition) is 4. The standard InChI is InChI=1S/C8H6ClFN2O2S/c9-15(13,14)8-6(4-12)2-1-5(3-11)7(8)10/h1-2H,4,12H2. The Morgan fingerprint density at radius 3 is 2.53 bits per heavy atom. The van der Waals surface area contributed by atoms with Gasteiger partial charge in [0.15, 0.2) is 5.82 Å². The summed E-state index contributed by atoms with van der Waals surface area (Å²) in [5.41, 5.74) is 4.90. The molecule has 0 bridgehead atoms. The molecule has 0 heterocycles. The summed E-state index contributed by atoms with van der Waals surface area (Å²) in [7, 11) is 0.801. The fraction of sp³-hybridized carbons (Fsp3) is 0.125. The smallest absolute Gasteiger partial charge is 0.264 e. The van der Waals surface area contributed by atoms with Crippen LogP contribution in [0.2, 0.25) is 0 Å². The summed E-state index contributed by atoms with van der Waals surface area (Å²) in [6.45, 7) is -0.177. The second-order valence-corrected chi connectivity index (χ2v) is 5.17. The number of benzene rings is 1. The Morgan fingerprint density at radius 2 is 2.13 bits per heavy atom. The summed E-state index contributed by atoms with van der Waals surface area (Å²) in [4.78, 5) is -0.717. The van der Waals surface area contributed by atoms with Crippen molar-refractivity contribution in [1.29, 1.82) is 5.26 Å². The molecule has 15 heavy (non-hydrogen) atoms. The largest absolute Gasteiger partial charge is 0.326 e. The van der Waals surface area contributed by atoms with E-state index in [1.165, 1.54) is 12.1 Å². The molecule has 0 aromatic heterocycles. The van der Waals surface area contributed by atoms with Crippen LogP contribution in [0.5, 0.6) is 0 Å². The summed E-state index contributed by atoms with van der Waals surface area (Å²) in [5.74, 6) is -1.16. The van der Waals surface area contributed by atoms with Gasteiger partial charge in [0.1, 0.15) is 11.0 Å². The van der Waals surface area contributed by atoms with Crippen LogP contribution >= 0.6 is 10.7 Å². The van der Waals surface area contributed by atoms with Gasteiger partial charge in [0.2, 0.25) is 0 Å². The van der Waals surface area contributed by atoms with Crippen molar-refractivity contribution in [2.24, 2.45) is 5.73 Å². The Kier molecular flexibility index (Phi) is 3.29. The second-order valence-electron chi connectivity index (χ2n) is 2.67. The SMILES string of the molecule is N#Cc1ccc(CN)c(S(=O)(=O)Cl)c1F. The van der Waals surface area contributed by atoms with Crippen molar-refractivity contribution in [2.45, 2.75) is 11.4 Å². The van der Waals surface area contributed by atoms with Gasteiger partial charge >= 0.3 is 0 Å². The van der Waals surface area contributed by atoms with Crippen LogP contribution in [0.1, 0.15) is 11.1 Å². The van der Waals surface area contributed by atoms with E-state index in [0.29, 0.717) is 0 Å². The van der Waals surface area contributed by atoms with Gasteiger partial charge in [-0.2, -0.15) is 5.26 Å². The van der Waals surface area contributed by atoms with E-state index < -0.39 is 19.8 Å². The predicted molar refractivity (Wildman–Crippen MR) is 52.0 cm³/mol. The molecule has 1 aromatic carbocycles.